The monoisotopic (exact) mass is 218 g/mol. The van der Waals surface area contributed by atoms with Crippen molar-refractivity contribution in [3.05, 3.63) is 34.1 Å². The fourth-order valence-electron chi connectivity index (χ4n) is 0.816. The first-order chi connectivity index (χ1) is 5.09. The lowest BCUT2D eigenvalue weighted by atomic mass is 10.1. The molecular weight excluding hydrogens is 211 g/mol. The number of benzene rings is 1. The third kappa shape index (κ3) is 2.27. The minimum absolute atomic E-state index is 0.338. The molecule has 0 bridgehead atoms. The quantitative estimate of drug-likeness (QED) is 0.769. The molecule has 0 aliphatic rings. The van der Waals surface area contributed by atoms with Gasteiger partial charge < -0.3 is 5.11 Å². The average molecular weight is 219 g/mol. The van der Waals surface area contributed by atoms with Crippen molar-refractivity contribution < 1.29 is 9.50 Å². The molecule has 0 radical (unpaired) electrons. The zero-order valence-corrected chi connectivity index (χ0v) is 7.60. The van der Waals surface area contributed by atoms with Gasteiger partial charge in [-0.25, -0.2) is 4.39 Å². The summed E-state index contributed by atoms with van der Waals surface area (Å²) in [6, 6.07) is 4.36. The van der Waals surface area contributed by atoms with E-state index < -0.39 is 6.10 Å². The number of aliphatic hydroxyl groups excluding tert-OH is 1. The molecule has 1 nitrogen and oxygen atoms in total. The number of halogens is 2. The van der Waals surface area contributed by atoms with Crippen LogP contribution in [0, 0.1) is 5.82 Å². The van der Waals surface area contributed by atoms with E-state index in [1.807, 2.05) is 0 Å². The van der Waals surface area contributed by atoms with Gasteiger partial charge in [-0.3, -0.25) is 0 Å². The Labute approximate surface area is 73.0 Å². The molecule has 1 aromatic rings. The Balaban J connectivity index is 3.08. The molecule has 0 aromatic heterocycles. The molecule has 3 heteroatoms. The highest BCUT2D eigenvalue weighted by atomic mass is 79.9. The summed E-state index contributed by atoms with van der Waals surface area (Å²) in [5.74, 6) is -0.338. The van der Waals surface area contributed by atoms with Crippen molar-refractivity contribution in [3.63, 3.8) is 0 Å². The summed E-state index contributed by atoms with van der Waals surface area (Å²) in [4.78, 5) is 0. The van der Waals surface area contributed by atoms with Crippen LogP contribution in [0.25, 0.3) is 0 Å². The second kappa shape index (κ2) is 3.32. The zero-order chi connectivity index (χ0) is 8.43. The maximum atomic E-state index is 12.6. The highest BCUT2D eigenvalue weighted by Gasteiger charge is 2.03. The van der Waals surface area contributed by atoms with E-state index in [2.05, 4.69) is 15.9 Å². The van der Waals surface area contributed by atoms with Crippen LogP contribution in [0.2, 0.25) is 0 Å². The lowest BCUT2D eigenvalue weighted by Gasteiger charge is -2.04. The third-order valence-electron chi connectivity index (χ3n) is 1.37. The first-order valence-corrected chi connectivity index (χ1v) is 4.03. The van der Waals surface area contributed by atoms with E-state index in [0.29, 0.717) is 10.0 Å². The van der Waals surface area contributed by atoms with Crippen LogP contribution in [-0.4, -0.2) is 5.11 Å². The van der Waals surface area contributed by atoms with Crippen LogP contribution < -0.4 is 0 Å². The molecule has 0 unspecified atom stereocenters. The van der Waals surface area contributed by atoms with Gasteiger partial charge in [0.1, 0.15) is 5.82 Å². The summed E-state index contributed by atoms with van der Waals surface area (Å²) in [6.45, 7) is 1.60. The highest BCUT2D eigenvalue weighted by Crippen LogP contribution is 2.19. The van der Waals surface area contributed by atoms with Crippen molar-refractivity contribution in [1.82, 2.24) is 0 Å². The lowest BCUT2D eigenvalue weighted by molar-refractivity contribution is 0.198. The van der Waals surface area contributed by atoms with Gasteiger partial charge in [-0.2, -0.15) is 0 Å². The Morgan fingerprint density at radius 2 is 2.09 bits per heavy atom. The van der Waals surface area contributed by atoms with Gasteiger partial charge >= 0.3 is 0 Å². The summed E-state index contributed by atoms with van der Waals surface area (Å²) in [5, 5.41) is 9.09. The number of aliphatic hydroxyl groups is 1. The Hall–Kier alpha value is -0.410. The van der Waals surface area contributed by atoms with E-state index in [1.165, 1.54) is 12.1 Å². The van der Waals surface area contributed by atoms with E-state index in [9.17, 15) is 4.39 Å². The van der Waals surface area contributed by atoms with E-state index in [1.54, 1.807) is 13.0 Å². The Kier molecular flexibility index (Phi) is 2.62. The van der Waals surface area contributed by atoms with Crippen molar-refractivity contribution in [2.75, 3.05) is 0 Å². The Morgan fingerprint density at radius 1 is 1.45 bits per heavy atom. The van der Waals surface area contributed by atoms with Gasteiger partial charge in [0.15, 0.2) is 0 Å². The highest BCUT2D eigenvalue weighted by molar-refractivity contribution is 9.10. The Bertz CT molecular complexity index is 240. The van der Waals surface area contributed by atoms with Gasteiger partial charge in [0.25, 0.3) is 0 Å². The molecule has 0 amide bonds. The predicted molar refractivity (Wildman–Crippen MR) is 44.7 cm³/mol. The third-order valence-corrected chi connectivity index (χ3v) is 1.83. The van der Waals surface area contributed by atoms with E-state index >= 15 is 0 Å². The minimum Gasteiger partial charge on any atom is -0.389 e. The molecular formula is C8H8BrFO. The SMILES string of the molecule is C[C@H](O)c1cc(F)cc(Br)c1. The molecule has 60 valence electrons. The molecule has 0 saturated carbocycles. The first kappa shape index (κ1) is 8.68. The second-order valence-corrected chi connectivity index (χ2v) is 3.29. The smallest absolute Gasteiger partial charge is 0.124 e. The van der Waals surface area contributed by atoms with E-state index in [0.717, 1.165) is 0 Å². The normalized spacial score (nSPS) is 13.1. The fraction of sp³-hybridized carbons (Fsp3) is 0.250. The van der Waals surface area contributed by atoms with Gasteiger partial charge in [-0.15, -0.1) is 0 Å². The molecule has 0 heterocycles. The largest absolute Gasteiger partial charge is 0.389 e. The maximum absolute atomic E-state index is 12.6. The molecule has 0 saturated heterocycles. The van der Waals surface area contributed by atoms with E-state index in [4.69, 9.17) is 5.11 Å². The van der Waals surface area contributed by atoms with E-state index in [-0.39, 0.29) is 5.82 Å². The van der Waals surface area contributed by atoms with Gasteiger partial charge in [-0.05, 0) is 30.7 Å². The predicted octanol–water partition coefficient (Wildman–Crippen LogP) is 2.64. The fourth-order valence-corrected chi connectivity index (χ4v) is 1.30. The summed E-state index contributed by atoms with van der Waals surface area (Å²) >= 11 is 3.13. The first-order valence-electron chi connectivity index (χ1n) is 3.23. The van der Waals surface area contributed by atoms with Crippen LogP contribution in [0.4, 0.5) is 4.39 Å². The molecule has 0 aliphatic carbocycles. The molecule has 1 aromatic carbocycles. The molecule has 11 heavy (non-hydrogen) atoms. The zero-order valence-electron chi connectivity index (χ0n) is 6.01. The standard InChI is InChI=1S/C8H8BrFO/c1-5(11)6-2-7(9)4-8(10)3-6/h2-5,11H,1H3/t5-/m0/s1. The van der Waals surface area contributed by atoms with Crippen molar-refractivity contribution in [2.24, 2.45) is 0 Å². The summed E-state index contributed by atoms with van der Waals surface area (Å²) < 4.78 is 13.3. The summed E-state index contributed by atoms with van der Waals surface area (Å²) in [5.41, 5.74) is 0.580. The Morgan fingerprint density at radius 3 is 2.55 bits per heavy atom. The van der Waals surface area contributed by atoms with Crippen LogP contribution in [0.3, 0.4) is 0 Å². The molecule has 0 fully saturated rings. The summed E-state index contributed by atoms with van der Waals surface area (Å²) in [7, 11) is 0. The van der Waals surface area contributed by atoms with Crippen molar-refractivity contribution in [1.29, 1.82) is 0 Å². The van der Waals surface area contributed by atoms with Crippen molar-refractivity contribution in [3.8, 4) is 0 Å². The van der Waals surface area contributed by atoms with Gasteiger partial charge in [0, 0.05) is 4.47 Å². The average Bonchev–Trinajstić information content (AvgIpc) is 1.85. The lowest BCUT2D eigenvalue weighted by Crippen LogP contribution is -1.91. The van der Waals surface area contributed by atoms with Crippen LogP contribution >= 0.6 is 15.9 Å². The minimum atomic E-state index is -0.623. The molecule has 1 N–H and O–H groups in total. The molecule has 0 spiro atoms. The van der Waals surface area contributed by atoms with Crippen molar-refractivity contribution in [2.45, 2.75) is 13.0 Å². The van der Waals surface area contributed by atoms with Gasteiger partial charge in [0.2, 0.25) is 0 Å². The summed E-state index contributed by atoms with van der Waals surface area (Å²) in [6.07, 6.45) is -0.623. The second-order valence-electron chi connectivity index (χ2n) is 2.38. The molecule has 0 aliphatic heterocycles. The topological polar surface area (TPSA) is 20.2 Å². The number of hydrogen-bond acceptors (Lipinski definition) is 1. The van der Waals surface area contributed by atoms with Gasteiger partial charge in [-0.1, -0.05) is 15.9 Å². The number of rotatable bonds is 1. The molecule has 1 rings (SSSR count). The van der Waals surface area contributed by atoms with Crippen LogP contribution in [0.15, 0.2) is 22.7 Å². The molecule has 1 atom stereocenters. The number of hydrogen-bond donors (Lipinski definition) is 1. The van der Waals surface area contributed by atoms with Gasteiger partial charge in [0.05, 0.1) is 6.10 Å². The van der Waals surface area contributed by atoms with Crippen molar-refractivity contribution >= 4 is 15.9 Å². The van der Waals surface area contributed by atoms with Crippen LogP contribution in [0.5, 0.6) is 0 Å². The van der Waals surface area contributed by atoms with Crippen LogP contribution in [0.1, 0.15) is 18.6 Å². The van der Waals surface area contributed by atoms with Crippen LogP contribution in [-0.2, 0) is 0 Å². The maximum Gasteiger partial charge on any atom is 0.124 e.